The van der Waals surface area contributed by atoms with E-state index in [1.807, 2.05) is 0 Å². The highest BCUT2D eigenvalue weighted by Crippen LogP contribution is 2.07. The number of ether oxygens (including phenoxy) is 1. The topological polar surface area (TPSA) is 50.4 Å². The van der Waals surface area contributed by atoms with Gasteiger partial charge in [-0.3, -0.25) is 0 Å². The van der Waals surface area contributed by atoms with E-state index in [2.05, 4.69) is 6.58 Å². The predicted molar refractivity (Wildman–Crippen MR) is 58.8 cm³/mol. The van der Waals surface area contributed by atoms with Crippen LogP contribution in [0.5, 0.6) is 5.75 Å². The molecule has 0 amide bonds. The number of aromatic nitrogens is 1. The van der Waals surface area contributed by atoms with Crippen LogP contribution in [0.15, 0.2) is 36.7 Å². The highest BCUT2D eigenvalue weighted by Gasteiger charge is 2.10. The SMILES string of the molecule is C=C(C)C(=O)Oc1ccc[n+](CC(C)O)c1. The van der Waals surface area contributed by atoms with Gasteiger partial charge in [0.1, 0.15) is 6.10 Å². The van der Waals surface area contributed by atoms with Gasteiger partial charge in [-0.25, -0.2) is 4.79 Å². The largest absolute Gasteiger partial charge is 0.417 e. The standard InChI is InChI=1S/C12H16NO3/c1-9(2)12(15)16-11-5-4-6-13(8-11)7-10(3)14/h4-6,8,10,14H,1,7H2,2-3H3/q+1. The van der Waals surface area contributed by atoms with Gasteiger partial charge in [-0.2, -0.15) is 4.57 Å². The fourth-order valence-corrected chi connectivity index (χ4v) is 1.17. The number of carbonyl (C=O) groups is 1. The molecule has 1 aromatic heterocycles. The number of pyridine rings is 1. The number of esters is 1. The highest BCUT2D eigenvalue weighted by molar-refractivity contribution is 5.88. The molecule has 0 fully saturated rings. The summed E-state index contributed by atoms with van der Waals surface area (Å²) >= 11 is 0. The second-order valence-electron chi connectivity index (χ2n) is 3.76. The molecule has 1 N–H and O–H groups in total. The first-order chi connectivity index (χ1) is 7.49. The van der Waals surface area contributed by atoms with E-state index in [0.29, 0.717) is 17.9 Å². The highest BCUT2D eigenvalue weighted by atomic mass is 16.5. The first kappa shape index (κ1) is 12.4. The van der Waals surface area contributed by atoms with Crippen LogP contribution in [0.1, 0.15) is 13.8 Å². The van der Waals surface area contributed by atoms with Crippen molar-refractivity contribution in [2.75, 3.05) is 0 Å². The zero-order valence-corrected chi connectivity index (χ0v) is 9.51. The van der Waals surface area contributed by atoms with Crippen LogP contribution in [-0.4, -0.2) is 17.2 Å². The number of hydrogen-bond donors (Lipinski definition) is 1. The van der Waals surface area contributed by atoms with E-state index in [1.54, 1.807) is 42.9 Å². The van der Waals surface area contributed by atoms with Crippen molar-refractivity contribution in [2.24, 2.45) is 0 Å². The number of aliphatic hydroxyl groups excluding tert-OH is 1. The van der Waals surface area contributed by atoms with Gasteiger partial charge in [0.2, 0.25) is 6.20 Å². The van der Waals surface area contributed by atoms with Crippen molar-refractivity contribution < 1.29 is 19.2 Å². The minimum Gasteiger partial charge on any atom is -0.417 e. The van der Waals surface area contributed by atoms with Gasteiger partial charge in [0.15, 0.2) is 18.5 Å². The van der Waals surface area contributed by atoms with Gasteiger partial charge < -0.3 is 9.84 Å². The Morgan fingerprint density at radius 3 is 2.94 bits per heavy atom. The normalized spacial score (nSPS) is 11.9. The molecule has 0 aromatic carbocycles. The maximum absolute atomic E-state index is 11.3. The average Bonchev–Trinajstić information content (AvgIpc) is 2.16. The Hall–Kier alpha value is -1.68. The quantitative estimate of drug-likeness (QED) is 0.466. The van der Waals surface area contributed by atoms with E-state index in [1.165, 1.54) is 0 Å². The van der Waals surface area contributed by atoms with Crippen LogP contribution in [0.25, 0.3) is 0 Å². The van der Waals surface area contributed by atoms with Crippen LogP contribution in [0, 0.1) is 0 Å². The number of rotatable bonds is 4. The molecule has 0 saturated heterocycles. The summed E-state index contributed by atoms with van der Waals surface area (Å²) in [4.78, 5) is 11.3. The third-order valence-corrected chi connectivity index (χ3v) is 1.87. The molecular formula is C12H16NO3+. The van der Waals surface area contributed by atoms with Crippen molar-refractivity contribution >= 4 is 5.97 Å². The summed E-state index contributed by atoms with van der Waals surface area (Å²) in [6.07, 6.45) is 3.01. The van der Waals surface area contributed by atoms with Crippen molar-refractivity contribution in [2.45, 2.75) is 26.5 Å². The van der Waals surface area contributed by atoms with Crippen molar-refractivity contribution in [3.05, 3.63) is 36.7 Å². The van der Waals surface area contributed by atoms with Crippen LogP contribution in [-0.2, 0) is 11.3 Å². The summed E-state index contributed by atoms with van der Waals surface area (Å²) < 4.78 is 6.81. The fraction of sp³-hybridized carbons (Fsp3) is 0.333. The van der Waals surface area contributed by atoms with Crippen LogP contribution in [0.4, 0.5) is 0 Å². The Balaban J connectivity index is 2.74. The molecule has 0 aliphatic rings. The first-order valence-electron chi connectivity index (χ1n) is 5.04. The Kier molecular flexibility index (Phi) is 4.19. The van der Waals surface area contributed by atoms with Gasteiger partial charge in [0.25, 0.3) is 0 Å². The maximum Gasteiger partial charge on any atom is 0.338 e. The minimum atomic E-state index is -0.449. The lowest BCUT2D eigenvalue weighted by molar-refractivity contribution is -0.703. The molecule has 4 nitrogen and oxygen atoms in total. The number of carbonyl (C=O) groups excluding carboxylic acids is 1. The Labute approximate surface area is 94.8 Å². The molecule has 0 aliphatic heterocycles. The molecule has 16 heavy (non-hydrogen) atoms. The van der Waals surface area contributed by atoms with Gasteiger partial charge in [0.05, 0.1) is 0 Å². The molecule has 1 rings (SSSR count). The smallest absolute Gasteiger partial charge is 0.338 e. The zero-order chi connectivity index (χ0) is 12.1. The maximum atomic E-state index is 11.3. The summed E-state index contributed by atoms with van der Waals surface area (Å²) in [6.45, 7) is 7.24. The Bertz CT molecular complexity index is 399. The van der Waals surface area contributed by atoms with Gasteiger partial charge in [-0.15, -0.1) is 0 Å². The van der Waals surface area contributed by atoms with E-state index in [9.17, 15) is 9.90 Å². The lowest BCUT2D eigenvalue weighted by Gasteiger charge is -2.03. The minimum absolute atomic E-state index is 0.353. The summed E-state index contributed by atoms with van der Waals surface area (Å²) in [5.41, 5.74) is 0.353. The molecule has 1 heterocycles. The van der Waals surface area contributed by atoms with Crippen molar-refractivity contribution in [3.63, 3.8) is 0 Å². The average molecular weight is 222 g/mol. The molecule has 86 valence electrons. The van der Waals surface area contributed by atoms with E-state index in [0.717, 1.165) is 0 Å². The van der Waals surface area contributed by atoms with Gasteiger partial charge in [-0.1, -0.05) is 6.58 Å². The lowest BCUT2D eigenvalue weighted by atomic mass is 10.3. The summed E-state index contributed by atoms with van der Waals surface area (Å²) in [5.74, 6) is -0.00838. The summed E-state index contributed by atoms with van der Waals surface area (Å²) in [6, 6.07) is 3.43. The molecule has 0 bridgehead atoms. The fourth-order valence-electron chi connectivity index (χ4n) is 1.17. The van der Waals surface area contributed by atoms with Crippen LogP contribution < -0.4 is 9.30 Å². The second-order valence-corrected chi connectivity index (χ2v) is 3.76. The number of aliphatic hydroxyl groups is 1. The molecule has 1 unspecified atom stereocenters. The van der Waals surface area contributed by atoms with Crippen LogP contribution >= 0.6 is 0 Å². The van der Waals surface area contributed by atoms with Gasteiger partial charge >= 0.3 is 5.97 Å². The first-order valence-corrected chi connectivity index (χ1v) is 5.04. The molecule has 0 aliphatic carbocycles. The zero-order valence-electron chi connectivity index (χ0n) is 9.51. The van der Waals surface area contributed by atoms with Crippen molar-refractivity contribution in [1.29, 1.82) is 0 Å². The summed E-state index contributed by atoms with van der Waals surface area (Å²) in [7, 11) is 0. The summed E-state index contributed by atoms with van der Waals surface area (Å²) in [5, 5.41) is 9.22. The van der Waals surface area contributed by atoms with Crippen molar-refractivity contribution in [1.82, 2.24) is 0 Å². The Morgan fingerprint density at radius 2 is 2.38 bits per heavy atom. The van der Waals surface area contributed by atoms with E-state index < -0.39 is 12.1 Å². The third kappa shape index (κ3) is 3.82. The molecule has 0 saturated carbocycles. The molecular weight excluding hydrogens is 206 g/mol. The molecule has 0 radical (unpaired) electrons. The van der Waals surface area contributed by atoms with Crippen LogP contribution in [0.2, 0.25) is 0 Å². The number of nitrogens with zero attached hydrogens (tertiary/aromatic N) is 1. The molecule has 1 aromatic rings. The monoisotopic (exact) mass is 222 g/mol. The van der Waals surface area contributed by atoms with Gasteiger partial charge in [-0.05, 0) is 19.9 Å². The molecule has 4 heteroatoms. The van der Waals surface area contributed by atoms with E-state index in [-0.39, 0.29) is 0 Å². The van der Waals surface area contributed by atoms with E-state index in [4.69, 9.17) is 4.74 Å². The third-order valence-electron chi connectivity index (χ3n) is 1.87. The Morgan fingerprint density at radius 1 is 1.69 bits per heavy atom. The van der Waals surface area contributed by atoms with Crippen molar-refractivity contribution in [3.8, 4) is 5.75 Å². The number of hydrogen-bond acceptors (Lipinski definition) is 3. The molecule has 0 spiro atoms. The lowest BCUT2D eigenvalue weighted by Crippen LogP contribution is -2.38. The van der Waals surface area contributed by atoms with Crippen LogP contribution in [0.3, 0.4) is 0 Å². The second kappa shape index (κ2) is 5.42. The molecule has 1 atom stereocenters. The van der Waals surface area contributed by atoms with E-state index >= 15 is 0 Å². The predicted octanol–water partition coefficient (Wildman–Crippen LogP) is 0.836. The van der Waals surface area contributed by atoms with Gasteiger partial charge in [0, 0.05) is 11.6 Å².